The average Bonchev–Trinajstić information content (AvgIpc) is 3.25. The summed E-state index contributed by atoms with van der Waals surface area (Å²) in [5.41, 5.74) is 1.15. The molecule has 0 atom stereocenters. The third-order valence-corrected chi connectivity index (χ3v) is 5.32. The second kappa shape index (κ2) is 10.3. The summed E-state index contributed by atoms with van der Waals surface area (Å²) in [6.45, 7) is 13.4. The minimum atomic E-state index is 0. The van der Waals surface area contributed by atoms with E-state index in [0.29, 0.717) is 6.54 Å². The summed E-state index contributed by atoms with van der Waals surface area (Å²) in [6.07, 6.45) is 0.889. The lowest BCUT2D eigenvalue weighted by molar-refractivity contribution is 0.372. The van der Waals surface area contributed by atoms with Crippen LogP contribution in [0.5, 0.6) is 0 Å². The number of hydrogen-bond donors (Lipinski definition) is 1. The zero-order valence-corrected chi connectivity index (χ0v) is 19.6. The Morgan fingerprint density at radius 2 is 2.00 bits per heavy atom. The van der Waals surface area contributed by atoms with Gasteiger partial charge in [-0.2, -0.15) is 4.37 Å². The molecule has 0 unspecified atom stereocenters. The maximum absolute atomic E-state index is 5.60. The van der Waals surface area contributed by atoms with Gasteiger partial charge >= 0.3 is 0 Å². The van der Waals surface area contributed by atoms with E-state index in [1.807, 2.05) is 13.8 Å². The molecule has 150 valence electrons. The Labute approximate surface area is 182 Å². The molecule has 2 aromatic rings. The Bertz CT molecular complexity index is 751. The van der Waals surface area contributed by atoms with Crippen LogP contribution in [0.2, 0.25) is 0 Å². The van der Waals surface area contributed by atoms with Crippen molar-refractivity contribution in [1.82, 2.24) is 19.6 Å². The Kier molecular flexibility index (Phi) is 8.33. The lowest BCUT2D eigenvalue weighted by atomic mass is 10.2. The second-order valence-electron chi connectivity index (χ2n) is 6.43. The van der Waals surface area contributed by atoms with Crippen LogP contribution in [0.15, 0.2) is 15.5 Å². The zero-order valence-electron chi connectivity index (χ0n) is 16.5. The molecule has 1 aliphatic rings. The van der Waals surface area contributed by atoms with Crippen LogP contribution in [0.4, 0.5) is 5.13 Å². The van der Waals surface area contributed by atoms with Crippen molar-refractivity contribution in [1.29, 1.82) is 0 Å². The number of halogens is 1. The smallest absolute Gasteiger partial charge is 0.205 e. The first-order valence-corrected chi connectivity index (χ1v) is 10.0. The van der Waals surface area contributed by atoms with Crippen LogP contribution >= 0.6 is 35.5 Å². The molecule has 7 nitrogen and oxygen atoms in total. The molecule has 3 heterocycles. The molecule has 2 aromatic heterocycles. The number of hydrogen-bond acceptors (Lipinski definition) is 6. The van der Waals surface area contributed by atoms with E-state index in [2.05, 4.69) is 44.4 Å². The van der Waals surface area contributed by atoms with Gasteiger partial charge in [0, 0.05) is 56.2 Å². The molecule has 1 aliphatic heterocycles. The lowest BCUT2D eigenvalue weighted by Crippen LogP contribution is -2.52. The number of aliphatic imine (C=N–C) groups is 1. The van der Waals surface area contributed by atoms with Crippen molar-refractivity contribution in [3.8, 4) is 0 Å². The number of piperazine rings is 1. The van der Waals surface area contributed by atoms with Crippen LogP contribution < -0.4 is 10.2 Å². The Balaban J connectivity index is 0.00000261. The Morgan fingerprint density at radius 3 is 2.56 bits per heavy atom. The maximum atomic E-state index is 5.60. The van der Waals surface area contributed by atoms with Gasteiger partial charge in [0.05, 0.1) is 6.54 Å². The Morgan fingerprint density at radius 1 is 1.26 bits per heavy atom. The molecule has 1 saturated heterocycles. The standard InChI is InChI=1S/C18H28N6OS.HI/c1-5-16-21-18(26-22-16)24-9-7-23(8-10-24)17(19-6-2)20-12-15-11-13(3)25-14(15)4;/h11H,5-10,12H2,1-4H3,(H,19,20);1H. The van der Waals surface area contributed by atoms with Crippen molar-refractivity contribution >= 4 is 46.6 Å². The lowest BCUT2D eigenvalue weighted by Gasteiger charge is -2.36. The first-order valence-electron chi connectivity index (χ1n) is 9.27. The van der Waals surface area contributed by atoms with E-state index in [9.17, 15) is 0 Å². The molecule has 0 aliphatic carbocycles. The molecule has 0 radical (unpaired) electrons. The van der Waals surface area contributed by atoms with E-state index in [4.69, 9.17) is 9.41 Å². The number of rotatable bonds is 5. The molecule has 0 aromatic carbocycles. The van der Waals surface area contributed by atoms with Gasteiger partial charge in [-0.1, -0.05) is 6.92 Å². The molecule has 0 amide bonds. The van der Waals surface area contributed by atoms with Crippen LogP contribution in [-0.4, -0.2) is 52.9 Å². The van der Waals surface area contributed by atoms with Crippen molar-refractivity contribution in [2.45, 2.75) is 40.7 Å². The summed E-state index contributed by atoms with van der Waals surface area (Å²) in [7, 11) is 0. The van der Waals surface area contributed by atoms with Crippen molar-refractivity contribution < 1.29 is 4.42 Å². The average molecular weight is 504 g/mol. The molecule has 1 fully saturated rings. The molecule has 1 N–H and O–H groups in total. The van der Waals surface area contributed by atoms with Crippen molar-refractivity contribution in [2.75, 3.05) is 37.6 Å². The fourth-order valence-electron chi connectivity index (χ4n) is 3.05. The summed E-state index contributed by atoms with van der Waals surface area (Å²) in [5.74, 6) is 3.80. The highest BCUT2D eigenvalue weighted by Gasteiger charge is 2.22. The highest BCUT2D eigenvalue weighted by atomic mass is 127. The van der Waals surface area contributed by atoms with Crippen LogP contribution in [-0.2, 0) is 13.0 Å². The Hall–Kier alpha value is -1.36. The van der Waals surface area contributed by atoms with E-state index < -0.39 is 0 Å². The van der Waals surface area contributed by atoms with E-state index in [1.165, 1.54) is 11.5 Å². The van der Waals surface area contributed by atoms with Gasteiger partial charge in [-0.3, -0.25) is 0 Å². The SMILES string of the molecule is CCNC(=NCc1cc(C)oc1C)N1CCN(c2nc(CC)ns2)CC1.I. The first-order chi connectivity index (χ1) is 12.6. The maximum Gasteiger partial charge on any atom is 0.205 e. The summed E-state index contributed by atoms with van der Waals surface area (Å²) in [5, 5.41) is 4.45. The largest absolute Gasteiger partial charge is 0.466 e. The fraction of sp³-hybridized carbons (Fsp3) is 0.611. The van der Waals surface area contributed by atoms with Gasteiger partial charge < -0.3 is 19.5 Å². The number of aromatic nitrogens is 2. The van der Waals surface area contributed by atoms with E-state index in [1.54, 1.807) is 0 Å². The van der Waals surface area contributed by atoms with E-state index in [-0.39, 0.29) is 24.0 Å². The first kappa shape index (κ1) is 21.9. The highest BCUT2D eigenvalue weighted by molar-refractivity contribution is 14.0. The van der Waals surface area contributed by atoms with Crippen LogP contribution in [0, 0.1) is 13.8 Å². The third-order valence-electron chi connectivity index (χ3n) is 4.50. The van der Waals surface area contributed by atoms with Crippen molar-refractivity contribution in [3.05, 3.63) is 29.0 Å². The molecular weight excluding hydrogens is 475 g/mol. The van der Waals surface area contributed by atoms with Gasteiger partial charge in [-0.25, -0.2) is 9.98 Å². The summed E-state index contributed by atoms with van der Waals surface area (Å²) in [6, 6.07) is 2.07. The number of aryl methyl sites for hydroxylation is 3. The normalized spacial score (nSPS) is 15.0. The highest BCUT2D eigenvalue weighted by Crippen LogP contribution is 2.19. The molecule has 0 bridgehead atoms. The molecular formula is C18H29IN6OS. The number of furan rings is 1. The number of nitrogens with zero attached hydrogens (tertiary/aromatic N) is 5. The molecule has 0 spiro atoms. The van der Waals surface area contributed by atoms with Crippen LogP contribution in [0.25, 0.3) is 0 Å². The van der Waals surface area contributed by atoms with Gasteiger partial charge in [0.1, 0.15) is 17.3 Å². The van der Waals surface area contributed by atoms with Gasteiger partial charge in [-0.15, -0.1) is 24.0 Å². The van der Waals surface area contributed by atoms with Crippen LogP contribution in [0.1, 0.15) is 36.8 Å². The van der Waals surface area contributed by atoms with E-state index in [0.717, 1.165) is 73.1 Å². The minimum Gasteiger partial charge on any atom is -0.466 e. The quantitative estimate of drug-likeness (QED) is 0.383. The number of anilines is 1. The van der Waals surface area contributed by atoms with Crippen molar-refractivity contribution in [3.63, 3.8) is 0 Å². The second-order valence-corrected chi connectivity index (χ2v) is 7.16. The van der Waals surface area contributed by atoms with Gasteiger partial charge in [-0.05, 0) is 26.8 Å². The fourth-order valence-corrected chi connectivity index (χ4v) is 3.85. The zero-order chi connectivity index (χ0) is 18.5. The van der Waals surface area contributed by atoms with E-state index >= 15 is 0 Å². The molecule has 0 saturated carbocycles. The van der Waals surface area contributed by atoms with Crippen LogP contribution in [0.3, 0.4) is 0 Å². The monoisotopic (exact) mass is 504 g/mol. The number of guanidine groups is 1. The molecule has 3 rings (SSSR count). The van der Waals surface area contributed by atoms with Gasteiger partial charge in [0.2, 0.25) is 5.13 Å². The summed E-state index contributed by atoms with van der Waals surface area (Å²) >= 11 is 1.50. The van der Waals surface area contributed by atoms with Gasteiger partial charge in [0.25, 0.3) is 0 Å². The number of nitrogens with one attached hydrogen (secondary N) is 1. The molecule has 9 heteroatoms. The summed E-state index contributed by atoms with van der Waals surface area (Å²) in [4.78, 5) is 14.1. The van der Waals surface area contributed by atoms with Crippen molar-refractivity contribution in [2.24, 2.45) is 4.99 Å². The van der Waals surface area contributed by atoms with Gasteiger partial charge in [0.15, 0.2) is 5.96 Å². The predicted octanol–water partition coefficient (Wildman–Crippen LogP) is 3.22. The third kappa shape index (κ3) is 5.56. The predicted molar refractivity (Wildman–Crippen MR) is 121 cm³/mol. The molecule has 27 heavy (non-hydrogen) atoms. The minimum absolute atomic E-state index is 0. The summed E-state index contributed by atoms with van der Waals surface area (Å²) < 4.78 is 10.0. The topological polar surface area (TPSA) is 69.8 Å².